The number of benzene rings is 1. The van der Waals surface area contributed by atoms with Crippen LogP contribution in [0.25, 0.3) is 0 Å². The molecule has 0 aliphatic heterocycles. The van der Waals surface area contributed by atoms with Gasteiger partial charge in [-0.2, -0.15) is 13.2 Å². The van der Waals surface area contributed by atoms with Crippen molar-refractivity contribution in [1.82, 2.24) is 5.32 Å². The normalized spacial score (nSPS) is 14.2. The van der Waals surface area contributed by atoms with Crippen LogP contribution in [0.15, 0.2) is 24.3 Å². The number of methoxy groups -OCH3 is 1. The predicted octanol–water partition coefficient (Wildman–Crippen LogP) is 4.04. The van der Waals surface area contributed by atoms with Crippen LogP contribution in [0.1, 0.15) is 38.3 Å². The van der Waals surface area contributed by atoms with Crippen LogP contribution in [0.4, 0.5) is 13.2 Å². The van der Waals surface area contributed by atoms with Crippen LogP contribution in [-0.2, 0) is 17.3 Å². The Bertz CT molecular complexity index is 443. The number of nitrogens with one attached hydrogen (secondary N) is 1. The Labute approximate surface area is 124 Å². The predicted molar refractivity (Wildman–Crippen MR) is 78.3 cm³/mol. The Morgan fingerprint density at radius 2 is 1.90 bits per heavy atom. The molecule has 120 valence electrons. The lowest BCUT2D eigenvalue weighted by Crippen LogP contribution is -2.39. The summed E-state index contributed by atoms with van der Waals surface area (Å²) in [6, 6.07) is 5.60. The van der Waals surface area contributed by atoms with Crippen LogP contribution in [0, 0.1) is 0 Å². The minimum absolute atomic E-state index is 0.0773. The number of hydrogen-bond donors (Lipinski definition) is 1. The summed E-state index contributed by atoms with van der Waals surface area (Å²) in [7, 11) is 1.65. The van der Waals surface area contributed by atoms with Gasteiger partial charge in [0, 0.05) is 13.2 Å². The first-order valence-corrected chi connectivity index (χ1v) is 7.12. The molecule has 0 saturated heterocycles. The molecule has 0 aliphatic carbocycles. The second-order valence-electron chi connectivity index (χ2n) is 5.82. The van der Waals surface area contributed by atoms with Gasteiger partial charge in [0.15, 0.2) is 0 Å². The summed E-state index contributed by atoms with van der Waals surface area (Å²) < 4.78 is 43.6. The van der Waals surface area contributed by atoms with Crippen LogP contribution in [0.3, 0.4) is 0 Å². The third-order valence-corrected chi connectivity index (χ3v) is 3.52. The van der Waals surface area contributed by atoms with Gasteiger partial charge in [-0.05, 0) is 44.9 Å². The SMILES string of the molecule is CCNC(Cc1cccc(C(F)(F)F)c1)CC(C)(C)OC. The molecule has 0 heterocycles. The van der Waals surface area contributed by atoms with Crippen LogP contribution in [-0.4, -0.2) is 25.3 Å². The topological polar surface area (TPSA) is 21.3 Å². The highest BCUT2D eigenvalue weighted by Crippen LogP contribution is 2.30. The minimum Gasteiger partial charge on any atom is -0.379 e. The van der Waals surface area contributed by atoms with Gasteiger partial charge in [0.2, 0.25) is 0 Å². The number of ether oxygens (including phenoxy) is 1. The van der Waals surface area contributed by atoms with Crippen LogP contribution in [0.2, 0.25) is 0 Å². The summed E-state index contributed by atoms with van der Waals surface area (Å²) in [5.74, 6) is 0. The number of likely N-dealkylation sites (N-methyl/N-ethyl adjacent to an activating group) is 1. The smallest absolute Gasteiger partial charge is 0.379 e. The molecule has 1 aromatic rings. The molecule has 1 aromatic carbocycles. The first-order valence-electron chi connectivity index (χ1n) is 7.12. The van der Waals surface area contributed by atoms with Crippen molar-refractivity contribution in [3.05, 3.63) is 35.4 Å². The van der Waals surface area contributed by atoms with Crippen LogP contribution in [0.5, 0.6) is 0 Å². The number of halogens is 3. The molecule has 0 spiro atoms. The molecule has 1 N–H and O–H groups in total. The lowest BCUT2D eigenvalue weighted by Gasteiger charge is -2.29. The van der Waals surface area contributed by atoms with Gasteiger partial charge < -0.3 is 10.1 Å². The maximum absolute atomic E-state index is 12.7. The Hall–Kier alpha value is -1.07. The highest BCUT2D eigenvalue weighted by atomic mass is 19.4. The maximum Gasteiger partial charge on any atom is 0.416 e. The Morgan fingerprint density at radius 1 is 1.24 bits per heavy atom. The minimum atomic E-state index is -4.30. The zero-order chi connectivity index (χ0) is 16.1. The fraction of sp³-hybridized carbons (Fsp3) is 0.625. The number of alkyl halides is 3. The van der Waals surface area contributed by atoms with Gasteiger partial charge in [0.25, 0.3) is 0 Å². The van der Waals surface area contributed by atoms with Crippen LogP contribution >= 0.6 is 0 Å². The first kappa shape index (κ1) is 18.0. The van der Waals surface area contributed by atoms with Gasteiger partial charge in [-0.3, -0.25) is 0 Å². The molecule has 5 heteroatoms. The number of hydrogen-bond acceptors (Lipinski definition) is 2. The Kier molecular flexibility index (Phi) is 6.23. The van der Waals surface area contributed by atoms with Crippen LogP contribution < -0.4 is 5.32 Å². The summed E-state index contributed by atoms with van der Waals surface area (Å²) in [6.07, 6.45) is -3.02. The highest BCUT2D eigenvalue weighted by molar-refractivity contribution is 5.26. The third kappa shape index (κ3) is 6.06. The van der Waals surface area contributed by atoms with E-state index in [1.165, 1.54) is 12.1 Å². The lowest BCUT2D eigenvalue weighted by molar-refractivity contribution is -0.137. The fourth-order valence-corrected chi connectivity index (χ4v) is 2.34. The van der Waals surface area contributed by atoms with E-state index in [4.69, 9.17) is 4.74 Å². The molecular weight excluding hydrogens is 279 g/mol. The van der Waals surface area contributed by atoms with Crippen molar-refractivity contribution in [3.8, 4) is 0 Å². The van der Waals surface area contributed by atoms with Gasteiger partial charge in [0.05, 0.1) is 11.2 Å². The van der Waals surface area contributed by atoms with Crippen molar-refractivity contribution < 1.29 is 17.9 Å². The van der Waals surface area contributed by atoms with Gasteiger partial charge in [-0.1, -0.05) is 25.1 Å². The van der Waals surface area contributed by atoms with Gasteiger partial charge in [-0.25, -0.2) is 0 Å². The molecular formula is C16H24F3NO. The van der Waals surface area contributed by atoms with Crippen molar-refractivity contribution in [1.29, 1.82) is 0 Å². The number of rotatable bonds is 7. The second-order valence-corrected chi connectivity index (χ2v) is 5.82. The van der Waals surface area contributed by atoms with Crippen molar-refractivity contribution in [3.63, 3.8) is 0 Å². The molecule has 1 atom stereocenters. The Morgan fingerprint density at radius 3 is 2.43 bits per heavy atom. The molecule has 0 bridgehead atoms. The molecule has 0 aliphatic rings. The third-order valence-electron chi connectivity index (χ3n) is 3.52. The lowest BCUT2D eigenvalue weighted by atomic mass is 9.93. The second kappa shape index (κ2) is 7.27. The molecule has 0 radical (unpaired) electrons. The van der Waals surface area contributed by atoms with E-state index in [0.717, 1.165) is 19.0 Å². The molecule has 21 heavy (non-hydrogen) atoms. The van der Waals surface area contributed by atoms with E-state index in [-0.39, 0.29) is 11.6 Å². The largest absolute Gasteiger partial charge is 0.416 e. The molecule has 1 rings (SSSR count). The molecule has 0 amide bonds. The zero-order valence-electron chi connectivity index (χ0n) is 13.1. The Balaban J connectivity index is 2.84. The van der Waals surface area contributed by atoms with E-state index in [1.807, 2.05) is 20.8 Å². The standard InChI is InChI=1S/C16H24F3NO/c1-5-20-14(11-15(2,3)21-4)10-12-7-6-8-13(9-12)16(17,18)19/h6-9,14,20H,5,10-11H2,1-4H3. The summed E-state index contributed by atoms with van der Waals surface area (Å²) in [5.41, 5.74) is -0.224. The van der Waals surface area contributed by atoms with Crippen molar-refractivity contribution in [2.75, 3.05) is 13.7 Å². The van der Waals surface area contributed by atoms with Crippen molar-refractivity contribution in [2.24, 2.45) is 0 Å². The molecule has 0 aromatic heterocycles. The fourth-order valence-electron chi connectivity index (χ4n) is 2.34. The molecule has 0 saturated carbocycles. The van der Waals surface area contributed by atoms with E-state index in [0.29, 0.717) is 12.0 Å². The van der Waals surface area contributed by atoms with Crippen molar-refractivity contribution >= 4 is 0 Å². The van der Waals surface area contributed by atoms with Gasteiger partial charge >= 0.3 is 6.18 Å². The monoisotopic (exact) mass is 303 g/mol. The van der Waals surface area contributed by atoms with Gasteiger partial charge in [-0.15, -0.1) is 0 Å². The molecule has 2 nitrogen and oxygen atoms in total. The van der Waals surface area contributed by atoms with E-state index in [9.17, 15) is 13.2 Å². The highest BCUT2D eigenvalue weighted by Gasteiger charge is 2.30. The quantitative estimate of drug-likeness (QED) is 0.821. The summed E-state index contributed by atoms with van der Waals surface area (Å²) in [4.78, 5) is 0. The summed E-state index contributed by atoms with van der Waals surface area (Å²) >= 11 is 0. The maximum atomic E-state index is 12.7. The first-order chi connectivity index (χ1) is 9.68. The zero-order valence-corrected chi connectivity index (χ0v) is 13.1. The molecule has 0 fully saturated rings. The van der Waals surface area contributed by atoms with E-state index in [1.54, 1.807) is 13.2 Å². The summed E-state index contributed by atoms with van der Waals surface area (Å²) in [6.45, 7) is 6.70. The van der Waals surface area contributed by atoms with Crippen molar-refractivity contribution in [2.45, 2.75) is 51.4 Å². The average Bonchev–Trinajstić information content (AvgIpc) is 2.38. The summed E-state index contributed by atoms with van der Waals surface area (Å²) in [5, 5.41) is 3.32. The van der Waals surface area contributed by atoms with E-state index < -0.39 is 11.7 Å². The van der Waals surface area contributed by atoms with E-state index in [2.05, 4.69) is 5.32 Å². The average molecular weight is 303 g/mol. The van der Waals surface area contributed by atoms with Gasteiger partial charge in [0.1, 0.15) is 0 Å². The molecule has 1 unspecified atom stereocenters. The van der Waals surface area contributed by atoms with E-state index >= 15 is 0 Å².